The van der Waals surface area contributed by atoms with Gasteiger partial charge in [-0.25, -0.2) is 8.42 Å². The lowest BCUT2D eigenvalue weighted by Gasteiger charge is -2.22. The Morgan fingerprint density at radius 1 is 0.733 bits per heavy atom. The zero-order chi connectivity index (χ0) is 32.0. The van der Waals surface area contributed by atoms with E-state index >= 15 is 0 Å². The minimum Gasteiger partial charge on any atom is -0.744 e. The van der Waals surface area contributed by atoms with Crippen LogP contribution in [0.2, 0.25) is 5.02 Å². The molecule has 0 atom stereocenters. The van der Waals surface area contributed by atoms with Gasteiger partial charge in [0.2, 0.25) is 11.4 Å². The molecule has 0 aromatic heterocycles. The molecule has 7 heteroatoms. The molecule has 0 N–H and O–H groups in total. The molecule has 0 saturated heterocycles. The molecular weight excluding hydrogens is 600 g/mol. The Balaban J connectivity index is 0.000000342. The van der Waals surface area contributed by atoms with Gasteiger partial charge < -0.3 is 9.45 Å². The number of rotatable bonds is 7. The summed E-state index contributed by atoms with van der Waals surface area (Å²) in [5, 5.41) is 0.752. The van der Waals surface area contributed by atoms with Crippen LogP contribution in [0.4, 0.5) is 11.4 Å². The number of para-hydroxylation sites is 1. The van der Waals surface area contributed by atoms with Gasteiger partial charge in [0, 0.05) is 46.6 Å². The summed E-state index contributed by atoms with van der Waals surface area (Å²) < 4.78 is 33.1. The molecule has 5 aromatic carbocycles. The van der Waals surface area contributed by atoms with Gasteiger partial charge in [0.15, 0.2) is 0 Å². The van der Waals surface area contributed by atoms with Gasteiger partial charge in [0.25, 0.3) is 0 Å². The largest absolute Gasteiger partial charge is 0.744 e. The van der Waals surface area contributed by atoms with Gasteiger partial charge in [0.05, 0.1) is 16.0 Å². The molecule has 0 saturated carbocycles. The molecule has 0 amide bonds. The average molecular weight is 635 g/mol. The van der Waals surface area contributed by atoms with Crippen LogP contribution in [0.25, 0.3) is 11.1 Å². The van der Waals surface area contributed by atoms with Crippen LogP contribution in [0.1, 0.15) is 36.1 Å². The first-order chi connectivity index (χ1) is 21.7. The van der Waals surface area contributed by atoms with Crippen molar-refractivity contribution in [3.05, 3.63) is 161 Å². The predicted molar refractivity (Wildman–Crippen MR) is 185 cm³/mol. The van der Waals surface area contributed by atoms with Crippen LogP contribution in [-0.2, 0) is 10.1 Å². The van der Waals surface area contributed by atoms with Crippen molar-refractivity contribution in [2.75, 3.05) is 25.0 Å². The number of fused-ring (bicyclic) bond motifs is 1. The first kappa shape index (κ1) is 31.9. The van der Waals surface area contributed by atoms with Crippen LogP contribution in [-0.4, -0.2) is 43.4 Å². The standard InChI is InChI=1S/C32H30ClN2.C6H6O3S/c1-4-35(5-2)25-21-19-23(20-22-25)30(26-15-9-11-17-28(26)33)31-27-16-10-12-18-29(27)34(3)32(31)24-13-7-6-8-14-24;7-10(8,9)6-4-2-1-3-5-6/h6-22H,4-5H2,1-3H3;1-5H,(H,7,8,9)/q+1;/p-1. The van der Waals surface area contributed by atoms with Gasteiger partial charge in [-0.05, 0) is 67.9 Å². The third kappa shape index (κ3) is 6.94. The molecule has 5 nitrogen and oxygen atoms in total. The average Bonchev–Trinajstić information content (AvgIpc) is 3.36. The minimum atomic E-state index is -4.25. The number of nitrogens with zero attached hydrogens (tertiary/aromatic N) is 2. The highest BCUT2D eigenvalue weighted by Crippen LogP contribution is 2.44. The Morgan fingerprint density at radius 3 is 1.87 bits per heavy atom. The maximum Gasteiger partial charge on any atom is 0.221 e. The van der Waals surface area contributed by atoms with E-state index in [-0.39, 0.29) is 4.90 Å². The fraction of sp³-hybridized carbons (Fsp3) is 0.132. The van der Waals surface area contributed by atoms with Crippen LogP contribution >= 0.6 is 11.6 Å². The summed E-state index contributed by atoms with van der Waals surface area (Å²) in [5.74, 6) is 0. The first-order valence-electron chi connectivity index (χ1n) is 14.9. The molecule has 0 spiro atoms. The van der Waals surface area contributed by atoms with E-state index in [0.29, 0.717) is 0 Å². The maximum absolute atomic E-state index is 10.3. The zero-order valence-electron chi connectivity index (χ0n) is 25.5. The molecular formula is C38H35ClN2O3S. The summed E-state index contributed by atoms with van der Waals surface area (Å²) in [7, 11) is -2.10. The highest BCUT2D eigenvalue weighted by atomic mass is 35.5. The van der Waals surface area contributed by atoms with Gasteiger partial charge in [-0.15, -0.1) is 0 Å². The van der Waals surface area contributed by atoms with E-state index in [1.54, 1.807) is 6.07 Å². The third-order valence-electron chi connectivity index (χ3n) is 7.86. The number of allylic oxidation sites excluding steroid dienone is 1. The van der Waals surface area contributed by atoms with E-state index in [9.17, 15) is 13.0 Å². The summed E-state index contributed by atoms with van der Waals surface area (Å²) in [6.07, 6.45) is 0. The van der Waals surface area contributed by atoms with Crippen molar-refractivity contribution in [2.45, 2.75) is 18.7 Å². The van der Waals surface area contributed by atoms with E-state index in [1.165, 1.54) is 58.1 Å². The lowest BCUT2D eigenvalue weighted by atomic mass is 9.86. The quantitative estimate of drug-likeness (QED) is 0.133. The molecule has 0 bridgehead atoms. The molecule has 1 aliphatic heterocycles. The number of hydrogen-bond acceptors (Lipinski definition) is 4. The molecule has 0 unspecified atom stereocenters. The molecule has 0 aliphatic carbocycles. The monoisotopic (exact) mass is 634 g/mol. The van der Waals surface area contributed by atoms with Crippen LogP contribution in [0.5, 0.6) is 0 Å². The van der Waals surface area contributed by atoms with Crippen molar-refractivity contribution in [3.63, 3.8) is 0 Å². The number of hydrogen-bond donors (Lipinski definition) is 0. The van der Waals surface area contributed by atoms with Crippen molar-refractivity contribution in [3.8, 4) is 0 Å². The second kappa shape index (κ2) is 14.1. The Kier molecular flexibility index (Phi) is 9.99. The van der Waals surface area contributed by atoms with E-state index in [1.807, 2.05) is 12.1 Å². The maximum atomic E-state index is 10.3. The Bertz CT molecular complexity index is 1950. The van der Waals surface area contributed by atoms with E-state index in [4.69, 9.17) is 11.6 Å². The van der Waals surface area contributed by atoms with Crippen molar-refractivity contribution < 1.29 is 17.5 Å². The van der Waals surface area contributed by atoms with Gasteiger partial charge in [0.1, 0.15) is 17.2 Å². The molecule has 45 heavy (non-hydrogen) atoms. The topological polar surface area (TPSA) is 63.5 Å². The van der Waals surface area contributed by atoms with Crippen molar-refractivity contribution in [1.82, 2.24) is 0 Å². The van der Waals surface area contributed by atoms with Crippen LogP contribution in [0.15, 0.2) is 138 Å². The molecule has 5 aromatic rings. The van der Waals surface area contributed by atoms with Crippen LogP contribution in [0, 0.1) is 0 Å². The summed E-state index contributed by atoms with van der Waals surface area (Å²) >= 11 is 6.87. The van der Waals surface area contributed by atoms with Gasteiger partial charge in [-0.2, -0.15) is 4.58 Å². The summed E-state index contributed by atoms with van der Waals surface area (Å²) in [5.41, 5.74) is 10.6. The molecule has 228 valence electrons. The summed E-state index contributed by atoms with van der Waals surface area (Å²) in [4.78, 5) is 2.18. The third-order valence-corrected chi connectivity index (χ3v) is 9.04. The molecule has 0 radical (unpaired) electrons. The lowest BCUT2D eigenvalue weighted by Crippen LogP contribution is -2.21. The summed E-state index contributed by atoms with van der Waals surface area (Å²) in [6.45, 7) is 6.36. The summed E-state index contributed by atoms with van der Waals surface area (Å²) in [6, 6.07) is 43.6. The van der Waals surface area contributed by atoms with Gasteiger partial charge in [-0.3, -0.25) is 0 Å². The fourth-order valence-electron chi connectivity index (χ4n) is 5.69. The van der Waals surface area contributed by atoms with Crippen molar-refractivity contribution in [2.24, 2.45) is 0 Å². The van der Waals surface area contributed by atoms with Crippen LogP contribution < -0.4 is 4.90 Å². The molecule has 1 heterocycles. The van der Waals surface area contributed by atoms with Crippen molar-refractivity contribution in [1.29, 1.82) is 0 Å². The normalized spacial score (nSPS) is 13.5. The second-order valence-electron chi connectivity index (χ2n) is 10.5. The van der Waals surface area contributed by atoms with Crippen LogP contribution in [0.3, 0.4) is 0 Å². The molecule has 1 aliphatic rings. The Hall–Kier alpha value is -4.49. The van der Waals surface area contributed by atoms with Crippen molar-refractivity contribution >= 4 is 50.0 Å². The molecule has 6 rings (SSSR count). The number of benzene rings is 5. The molecule has 0 fully saturated rings. The first-order valence-corrected chi connectivity index (χ1v) is 16.6. The fourth-order valence-corrected chi connectivity index (χ4v) is 6.41. The number of halogens is 1. The highest BCUT2D eigenvalue weighted by molar-refractivity contribution is 7.85. The van der Waals surface area contributed by atoms with Gasteiger partial charge in [-0.1, -0.05) is 90.5 Å². The zero-order valence-corrected chi connectivity index (χ0v) is 27.1. The second-order valence-corrected chi connectivity index (χ2v) is 12.3. The highest BCUT2D eigenvalue weighted by Gasteiger charge is 2.36. The van der Waals surface area contributed by atoms with E-state index < -0.39 is 10.1 Å². The minimum absolute atomic E-state index is 0.185. The Labute approximate surface area is 271 Å². The van der Waals surface area contributed by atoms with E-state index in [2.05, 4.69) is 121 Å². The number of anilines is 1. The van der Waals surface area contributed by atoms with E-state index in [0.717, 1.165) is 34.8 Å². The predicted octanol–water partition coefficient (Wildman–Crippen LogP) is 8.51. The van der Waals surface area contributed by atoms with Gasteiger partial charge >= 0.3 is 0 Å². The Morgan fingerprint density at radius 2 is 1.29 bits per heavy atom. The lowest BCUT2D eigenvalue weighted by molar-refractivity contribution is -0.400. The smallest absolute Gasteiger partial charge is 0.221 e. The SMILES string of the molecule is CCN(CC)c1ccc(C(=C2C(c3ccccc3)=[N+](C)c3ccccc32)c2ccccc2Cl)cc1.O=S(=O)([O-])c1ccccc1.